The van der Waals surface area contributed by atoms with E-state index in [1.807, 2.05) is 85.8 Å². The van der Waals surface area contributed by atoms with Crippen molar-refractivity contribution in [2.24, 2.45) is 4.99 Å². The Balaban J connectivity index is 1.54. The molecule has 0 spiro atoms. The summed E-state index contributed by atoms with van der Waals surface area (Å²) in [6.07, 6.45) is 3.83. The Kier molecular flexibility index (Phi) is 7.22. The van der Waals surface area contributed by atoms with Crippen molar-refractivity contribution in [2.75, 3.05) is 12.4 Å². The van der Waals surface area contributed by atoms with Crippen molar-refractivity contribution in [3.05, 3.63) is 139 Å². The standard InChI is InChI=1S/C34H30N4O3S/c1-5-19-37-22(3)27(26-13-9-10-14-28(26)37)20-29-33(40)38-31(23-15-17-25(41-4)18-16-23)30(21(2)35-34(38)42-29)32(39)36-24-11-7-6-8-12-24/h5-18,20,31H,1,19H2,2-4H3,(H,36,39)/t31-/m1/s1. The van der Waals surface area contributed by atoms with Crippen molar-refractivity contribution in [1.82, 2.24) is 9.13 Å². The van der Waals surface area contributed by atoms with E-state index in [-0.39, 0.29) is 11.5 Å². The number of ether oxygens (including phenoxy) is 1. The zero-order valence-electron chi connectivity index (χ0n) is 23.6. The number of carbonyl (C=O) groups is 1. The van der Waals surface area contributed by atoms with Gasteiger partial charge >= 0.3 is 0 Å². The Morgan fingerprint density at radius 1 is 1.05 bits per heavy atom. The van der Waals surface area contributed by atoms with Crippen LogP contribution in [-0.4, -0.2) is 22.2 Å². The average Bonchev–Trinajstić information content (AvgIpc) is 3.45. The van der Waals surface area contributed by atoms with E-state index in [0.29, 0.717) is 38.6 Å². The Bertz CT molecular complexity index is 2050. The van der Waals surface area contributed by atoms with Gasteiger partial charge < -0.3 is 14.6 Å². The molecule has 3 aromatic carbocycles. The Hall–Kier alpha value is -4.95. The number of anilines is 1. The van der Waals surface area contributed by atoms with Gasteiger partial charge in [0, 0.05) is 34.4 Å². The summed E-state index contributed by atoms with van der Waals surface area (Å²) in [5.74, 6) is 0.384. The maximum absolute atomic E-state index is 14.2. The van der Waals surface area contributed by atoms with Crippen molar-refractivity contribution >= 4 is 39.9 Å². The summed E-state index contributed by atoms with van der Waals surface area (Å²) in [4.78, 5) is 33.3. The van der Waals surface area contributed by atoms with E-state index in [1.54, 1.807) is 11.7 Å². The molecule has 8 heteroatoms. The lowest BCUT2D eigenvalue weighted by Crippen LogP contribution is -2.40. The zero-order valence-corrected chi connectivity index (χ0v) is 24.4. The highest BCUT2D eigenvalue weighted by Gasteiger charge is 2.32. The maximum atomic E-state index is 14.2. The van der Waals surface area contributed by atoms with Crippen LogP contribution < -0.4 is 24.9 Å². The first kappa shape index (κ1) is 27.2. The van der Waals surface area contributed by atoms with Crippen molar-refractivity contribution < 1.29 is 9.53 Å². The number of benzene rings is 3. The number of aromatic nitrogens is 2. The number of rotatable bonds is 7. The quantitative estimate of drug-likeness (QED) is 0.267. The summed E-state index contributed by atoms with van der Waals surface area (Å²) in [5, 5.41) is 4.05. The van der Waals surface area contributed by atoms with Crippen LogP contribution in [-0.2, 0) is 11.3 Å². The summed E-state index contributed by atoms with van der Waals surface area (Å²) in [6, 6.07) is 24.2. The molecule has 0 unspecified atom stereocenters. The topological polar surface area (TPSA) is 77.6 Å². The van der Waals surface area contributed by atoms with Crippen molar-refractivity contribution in [2.45, 2.75) is 26.4 Å². The zero-order chi connectivity index (χ0) is 29.4. The minimum Gasteiger partial charge on any atom is -0.497 e. The molecule has 42 heavy (non-hydrogen) atoms. The molecule has 0 saturated heterocycles. The second kappa shape index (κ2) is 11.1. The largest absolute Gasteiger partial charge is 0.497 e. The highest BCUT2D eigenvalue weighted by molar-refractivity contribution is 7.07. The van der Waals surface area contributed by atoms with Gasteiger partial charge in [0.2, 0.25) is 0 Å². The lowest BCUT2D eigenvalue weighted by atomic mass is 9.95. The summed E-state index contributed by atoms with van der Waals surface area (Å²) < 4.78 is 9.76. The molecule has 5 aromatic rings. The molecule has 2 aromatic heterocycles. The van der Waals surface area contributed by atoms with Crippen LogP contribution in [0.3, 0.4) is 0 Å². The Labute approximate surface area is 247 Å². The number of methoxy groups -OCH3 is 1. The lowest BCUT2D eigenvalue weighted by molar-refractivity contribution is -0.113. The molecule has 0 radical (unpaired) electrons. The first-order valence-corrected chi connectivity index (χ1v) is 14.4. The van der Waals surface area contributed by atoms with Crippen LogP contribution in [0.5, 0.6) is 5.75 Å². The number of thiazole rings is 1. The van der Waals surface area contributed by atoms with Gasteiger partial charge in [-0.3, -0.25) is 14.2 Å². The molecule has 6 rings (SSSR count). The molecule has 1 aliphatic rings. The second-order valence-electron chi connectivity index (χ2n) is 10.1. The van der Waals surface area contributed by atoms with E-state index < -0.39 is 6.04 Å². The van der Waals surface area contributed by atoms with Gasteiger partial charge in [-0.2, -0.15) is 0 Å². The van der Waals surface area contributed by atoms with E-state index >= 15 is 0 Å². The van der Waals surface area contributed by atoms with E-state index in [4.69, 9.17) is 9.73 Å². The molecule has 1 amide bonds. The fourth-order valence-electron chi connectivity index (χ4n) is 5.57. The smallest absolute Gasteiger partial charge is 0.271 e. The molecular formula is C34H30N4O3S. The highest BCUT2D eigenvalue weighted by atomic mass is 32.1. The van der Waals surface area contributed by atoms with Crippen LogP contribution in [0.1, 0.15) is 29.8 Å². The van der Waals surface area contributed by atoms with Crippen LogP contribution in [0.25, 0.3) is 17.0 Å². The molecule has 210 valence electrons. The SMILES string of the molecule is C=CCn1c(C)c(C=c2sc3n(c2=O)[C@H](c2ccc(OC)cc2)C(C(=O)Nc2ccccc2)=C(C)N=3)c2ccccc21. The monoisotopic (exact) mass is 574 g/mol. The Morgan fingerprint density at radius 3 is 2.48 bits per heavy atom. The number of hydrogen-bond acceptors (Lipinski definition) is 5. The Morgan fingerprint density at radius 2 is 1.76 bits per heavy atom. The molecule has 0 bridgehead atoms. The van der Waals surface area contributed by atoms with Gasteiger partial charge in [-0.1, -0.05) is 65.9 Å². The number of amides is 1. The first-order valence-electron chi connectivity index (χ1n) is 13.6. The van der Waals surface area contributed by atoms with Gasteiger partial charge in [0.1, 0.15) is 5.75 Å². The number of nitrogens with one attached hydrogen (secondary N) is 1. The lowest BCUT2D eigenvalue weighted by Gasteiger charge is -2.25. The molecule has 1 aliphatic heterocycles. The van der Waals surface area contributed by atoms with Gasteiger partial charge in [-0.25, -0.2) is 4.99 Å². The van der Waals surface area contributed by atoms with Crippen LogP contribution in [0.4, 0.5) is 5.69 Å². The number of para-hydroxylation sites is 2. The van der Waals surface area contributed by atoms with Gasteiger partial charge in [0.25, 0.3) is 11.5 Å². The van der Waals surface area contributed by atoms with Crippen molar-refractivity contribution in [1.29, 1.82) is 0 Å². The maximum Gasteiger partial charge on any atom is 0.271 e. The fraction of sp³-hybridized carbons (Fsp3) is 0.147. The van der Waals surface area contributed by atoms with Gasteiger partial charge in [-0.15, -0.1) is 6.58 Å². The van der Waals surface area contributed by atoms with Crippen LogP contribution in [0, 0.1) is 6.92 Å². The molecule has 7 nitrogen and oxygen atoms in total. The molecule has 0 fully saturated rings. The fourth-order valence-corrected chi connectivity index (χ4v) is 6.60. The summed E-state index contributed by atoms with van der Waals surface area (Å²) in [7, 11) is 1.61. The number of hydrogen-bond donors (Lipinski definition) is 1. The number of carbonyl (C=O) groups excluding carboxylic acids is 1. The summed E-state index contributed by atoms with van der Waals surface area (Å²) in [6.45, 7) is 8.46. The van der Waals surface area contributed by atoms with Gasteiger partial charge in [-0.05, 0) is 55.8 Å². The van der Waals surface area contributed by atoms with E-state index in [1.165, 1.54) is 11.3 Å². The predicted molar refractivity (Wildman–Crippen MR) is 169 cm³/mol. The van der Waals surface area contributed by atoms with Crippen LogP contribution in [0.15, 0.2) is 113 Å². The number of nitrogens with zero attached hydrogens (tertiary/aromatic N) is 3. The third-order valence-electron chi connectivity index (χ3n) is 7.60. The molecule has 1 N–H and O–H groups in total. The average molecular weight is 575 g/mol. The van der Waals surface area contributed by atoms with Crippen molar-refractivity contribution in [3.63, 3.8) is 0 Å². The summed E-state index contributed by atoms with van der Waals surface area (Å²) in [5.41, 5.74) is 5.36. The van der Waals surface area contributed by atoms with Crippen LogP contribution >= 0.6 is 11.3 Å². The van der Waals surface area contributed by atoms with E-state index in [0.717, 1.165) is 27.7 Å². The predicted octanol–water partition coefficient (Wildman–Crippen LogP) is 5.33. The molecule has 3 heterocycles. The van der Waals surface area contributed by atoms with Crippen molar-refractivity contribution in [3.8, 4) is 5.75 Å². The second-order valence-corrected chi connectivity index (χ2v) is 11.1. The van der Waals surface area contributed by atoms with Gasteiger partial charge in [0.05, 0.1) is 29.0 Å². The molecule has 0 aliphatic carbocycles. The highest BCUT2D eigenvalue weighted by Crippen LogP contribution is 2.32. The van der Waals surface area contributed by atoms with Gasteiger partial charge in [0.15, 0.2) is 4.80 Å². The third-order valence-corrected chi connectivity index (χ3v) is 8.58. The minimum absolute atomic E-state index is 0.197. The number of allylic oxidation sites excluding steroid dienone is 2. The van der Waals surface area contributed by atoms with E-state index in [9.17, 15) is 9.59 Å². The van der Waals surface area contributed by atoms with Crippen LogP contribution in [0.2, 0.25) is 0 Å². The minimum atomic E-state index is -0.666. The molecule has 0 saturated carbocycles. The van der Waals surface area contributed by atoms with E-state index in [2.05, 4.69) is 35.5 Å². The first-order chi connectivity index (χ1) is 20.4. The molecule has 1 atom stereocenters. The third kappa shape index (κ3) is 4.69. The number of fused-ring (bicyclic) bond motifs is 2. The molecular weight excluding hydrogens is 544 g/mol. The normalized spacial score (nSPS) is 14.9. The summed E-state index contributed by atoms with van der Waals surface area (Å²) >= 11 is 1.33.